The zero-order valence-electron chi connectivity index (χ0n) is 10.2. The molecule has 0 amide bonds. The fraction of sp³-hybridized carbons (Fsp3) is 0.0625. The molecule has 1 aliphatic rings. The first kappa shape index (κ1) is 10.6. The number of rotatable bonds is 0. The summed E-state index contributed by atoms with van der Waals surface area (Å²) < 4.78 is 0. The third-order valence-corrected chi connectivity index (χ3v) is 3.85. The summed E-state index contributed by atoms with van der Waals surface area (Å²) in [6, 6.07) is 15.6. The maximum absolute atomic E-state index is 12.2. The summed E-state index contributed by atoms with van der Waals surface area (Å²) in [7, 11) is 6.35. The maximum Gasteiger partial charge on any atom is 0.256 e. The SMILES string of the molecule is [B]C1c2ccccc2-c2[nH]c(=O)c3ccccc3c21. The normalized spacial score (nSPS) is 16.3. The molecule has 1 atom stereocenters. The van der Waals surface area contributed by atoms with Crippen molar-refractivity contribution < 1.29 is 0 Å². The fourth-order valence-electron chi connectivity index (χ4n) is 2.99. The van der Waals surface area contributed by atoms with E-state index in [1.807, 2.05) is 48.5 Å². The van der Waals surface area contributed by atoms with Gasteiger partial charge in [-0.15, -0.1) is 0 Å². The van der Waals surface area contributed by atoms with Gasteiger partial charge in [-0.1, -0.05) is 42.5 Å². The van der Waals surface area contributed by atoms with Gasteiger partial charge in [-0.05, 0) is 28.4 Å². The van der Waals surface area contributed by atoms with Crippen molar-refractivity contribution in [2.24, 2.45) is 0 Å². The quantitative estimate of drug-likeness (QED) is 0.605. The van der Waals surface area contributed by atoms with Crippen LogP contribution in [0.3, 0.4) is 0 Å². The van der Waals surface area contributed by atoms with Crippen molar-refractivity contribution in [1.29, 1.82) is 0 Å². The molecule has 2 aromatic carbocycles. The molecule has 1 heterocycles. The molecule has 0 saturated carbocycles. The zero-order chi connectivity index (χ0) is 13.0. The van der Waals surface area contributed by atoms with Crippen molar-refractivity contribution in [3.05, 3.63) is 70.0 Å². The smallest absolute Gasteiger partial charge is 0.256 e. The second-order valence-corrected chi connectivity index (χ2v) is 4.85. The van der Waals surface area contributed by atoms with Gasteiger partial charge < -0.3 is 4.98 Å². The number of nitrogens with one attached hydrogen (secondary N) is 1. The van der Waals surface area contributed by atoms with E-state index in [0.29, 0.717) is 5.39 Å². The maximum atomic E-state index is 12.2. The van der Waals surface area contributed by atoms with Gasteiger partial charge in [0, 0.05) is 10.9 Å². The molecule has 88 valence electrons. The monoisotopic (exact) mass is 243 g/mol. The third-order valence-electron chi connectivity index (χ3n) is 3.85. The highest BCUT2D eigenvalue weighted by Gasteiger charge is 2.27. The summed E-state index contributed by atoms with van der Waals surface area (Å²) in [4.78, 5) is 15.1. The summed E-state index contributed by atoms with van der Waals surface area (Å²) in [5.41, 5.74) is 3.94. The van der Waals surface area contributed by atoms with Crippen LogP contribution in [0.4, 0.5) is 0 Å². The second-order valence-electron chi connectivity index (χ2n) is 4.85. The van der Waals surface area contributed by atoms with Gasteiger partial charge in [0.05, 0.1) is 13.5 Å². The highest BCUT2D eigenvalue weighted by Crippen LogP contribution is 2.43. The van der Waals surface area contributed by atoms with Gasteiger partial charge in [0.25, 0.3) is 5.56 Å². The molecular formula is C16H10BNO. The number of pyridine rings is 1. The van der Waals surface area contributed by atoms with E-state index < -0.39 is 0 Å². The van der Waals surface area contributed by atoms with Gasteiger partial charge >= 0.3 is 0 Å². The lowest BCUT2D eigenvalue weighted by atomic mass is 9.78. The number of aromatic nitrogens is 1. The molecular weight excluding hydrogens is 233 g/mol. The van der Waals surface area contributed by atoms with Crippen LogP contribution in [0.15, 0.2) is 53.3 Å². The minimum absolute atomic E-state index is 0.0572. The lowest BCUT2D eigenvalue weighted by molar-refractivity contribution is 1.19. The predicted molar refractivity (Wildman–Crippen MR) is 77.6 cm³/mol. The molecule has 4 rings (SSSR count). The summed E-state index contributed by atoms with van der Waals surface area (Å²) in [5.74, 6) is -0.173. The molecule has 0 aliphatic heterocycles. The van der Waals surface area contributed by atoms with Crippen LogP contribution in [0.5, 0.6) is 0 Å². The third kappa shape index (κ3) is 1.30. The van der Waals surface area contributed by atoms with Gasteiger partial charge in [-0.2, -0.15) is 0 Å². The molecule has 2 nitrogen and oxygen atoms in total. The molecule has 0 saturated heterocycles. The van der Waals surface area contributed by atoms with Crippen LogP contribution in [-0.4, -0.2) is 12.8 Å². The van der Waals surface area contributed by atoms with Crippen LogP contribution in [-0.2, 0) is 0 Å². The van der Waals surface area contributed by atoms with Crippen molar-refractivity contribution in [3.8, 4) is 11.3 Å². The first-order chi connectivity index (χ1) is 9.27. The Morgan fingerprint density at radius 3 is 2.47 bits per heavy atom. The zero-order valence-corrected chi connectivity index (χ0v) is 10.2. The Morgan fingerprint density at radius 2 is 1.63 bits per heavy atom. The Balaban J connectivity index is 2.22. The Hall–Kier alpha value is -2.29. The molecule has 1 unspecified atom stereocenters. The van der Waals surface area contributed by atoms with E-state index in [-0.39, 0.29) is 11.4 Å². The van der Waals surface area contributed by atoms with E-state index in [9.17, 15) is 4.79 Å². The van der Waals surface area contributed by atoms with Crippen molar-refractivity contribution in [1.82, 2.24) is 4.98 Å². The number of aromatic amines is 1. The van der Waals surface area contributed by atoms with Crippen molar-refractivity contribution in [2.45, 2.75) is 5.82 Å². The molecule has 0 fully saturated rings. The molecule has 3 aromatic rings. The van der Waals surface area contributed by atoms with Gasteiger partial charge in [0.15, 0.2) is 0 Å². The van der Waals surface area contributed by atoms with Gasteiger partial charge in [0.1, 0.15) is 0 Å². The van der Waals surface area contributed by atoms with Crippen LogP contribution >= 0.6 is 0 Å². The van der Waals surface area contributed by atoms with E-state index >= 15 is 0 Å². The van der Waals surface area contributed by atoms with E-state index in [2.05, 4.69) is 4.98 Å². The Bertz CT molecular complexity index is 866. The number of benzene rings is 2. The Morgan fingerprint density at radius 1 is 0.947 bits per heavy atom. The van der Waals surface area contributed by atoms with E-state index in [4.69, 9.17) is 7.85 Å². The summed E-state index contributed by atoms with van der Waals surface area (Å²) in [6.45, 7) is 0. The van der Waals surface area contributed by atoms with Crippen molar-refractivity contribution in [3.63, 3.8) is 0 Å². The molecule has 0 spiro atoms. The Labute approximate surface area is 111 Å². The first-order valence-electron chi connectivity index (χ1n) is 6.27. The van der Waals surface area contributed by atoms with Gasteiger partial charge in [-0.25, -0.2) is 0 Å². The highest BCUT2D eigenvalue weighted by molar-refractivity contribution is 6.19. The summed E-state index contributed by atoms with van der Waals surface area (Å²) in [5, 5.41) is 1.65. The van der Waals surface area contributed by atoms with Crippen LogP contribution < -0.4 is 5.56 Å². The largest absolute Gasteiger partial charge is 0.321 e. The standard InChI is InChI=1S/C16H10BNO/c17-14-10-6-2-3-7-11(10)15-13(14)9-5-1-4-8-12(9)16(19)18-15/h1-8,14H,(H,18,19). The average Bonchev–Trinajstić information content (AvgIpc) is 2.73. The number of fused-ring (bicyclic) bond motifs is 5. The molecule has 1 aromatic heterocycles. The molecule has 2 radical (unpaired) electrons. The highest BCUT2D eigenvalue weighted by atomic mass is 16.1. The lowest BCUT2D eigenvalue weighted by Gasteiger charge is -2.09. The van der Waals surface area contributed by atoms with Crippen molar-refractivity contribution >= 4 is 18.6 Å². The minimum Gasteiger partial charge on any atom is -0.321 e. The summed E-state index contributed by atoms with van der Waals surface area (Å²) in [6.07, 6.45) is 0. The lowest BCUT2D eigenvalue weighted by Crippen LogP contribution is -2.09. The molecule has 1 aliphatic carbocycles. The Kier molecular flexibility index (Phi) is 2.02. The van der Waals surface area contributed by atoms with E-state index in [1.54, 1.807) is 0 Å². The first-order valence-corrected chi connectivity index (χ1v) is 6.27. The summed E-state index contributed by atoms with van der Waals surface area (Å²) >= 11 is 0. The molecule has 1 N–H and O–H groups in total. The fourth-order valence-corrected chi connectivity index (χ4v) is 2.99. The minimum atomic E-state index is -0.173. The number of hydrogen-bond acceptors (Lipinski definition) is 1. The molecule has 0 bridgehead atoms. The van der Waals surface area contributed by atoms with Gasteiger partial charge in [0.2, 0.25) is 0 Å². The van der Waals surface area contributed by atoms with Gasteiger partial charge in [-0.3, -0.25) is 4.79 Å². The number of H-pyrrole nitrogens is 1. The average molecular weight is 243 g/mol. The predicted octanol–water partition coefficient (Wildman–Crippen LogP) is 2.77. The topological polar surface area (TPSA) is 32.9 Å². The van der Waals surface area contributed by atoms with E-state index in [0.717, 1.165) is 27.8 Å². The van der Waals surface area contributed by atoms with Crippen LogP contribution in [0.1, 0.15) is 16.9 Å². The van der Waals surface area contributed by atoms with Crippen LogP contribution in [0.25, 0.3) is 22.0 Å². The molecule has 19 heavy (non-hydrogen) atoms. The van der Waals surface area contributed by atoms with Crippen LogP contribution in [0.2, 0.25) is 0 Å². The van der Waals surface area contributed by atoms with Crippen LogP contribution in [0, 0.1) is 0 Å². The molecule has 3 heteroatoms. The second kappa shape index (κ2) is 3.61. The van der Waals surface area contributed by atoms with Crippen molar-refractivity contribution in [2.75, 3.05) is 0 Å². The number of hydrogen-bond donors (Lipinski definition) is 1. The van der Waals surface area contributed by atoms with E-state index in [1.165, 1.54) is 0 Å².